The van der Waals surface area contributed by atoms with E-state index in [2.05, 4.69) is 51.4 Å². The molecule has 108 valence electrons. The summed E-state index contributed by atoms with van der Waals surface area (Å²) in [4.78, 5) is 5.58. The number of nitrogens with zero attached hydrogens (tertiary/aromatic N) is 1. The molecule has 0 bridgehead atoms. The van der Waals surface area contributed by atoms with Crippen LogP contribution in [0.25, 0.3) is 11.1 Å². The van der Waals surface area contributed by atoms with E-state index in [-0.39, 0.29) is 0 Å². The van der Waals surface area contributed by atoms with Crippen LogP contribution in [0, 0.1) is 0 Å². The number of rotatable bonds is 4. The molecular weight excluding hydrogens is 348 g/mol. The van der Waals surface area contributed by atoms with Gasteiger partial charge < -0.3 is 9.73 Å². The maximum atomic E-state index is 5.73. The maximum Gasteiger partial charge on any atom is 0.261 e. The van der Waals surface area contributed by atoms with Crippen molar-refractivity contribution < 1.29 is 4.42 Å². The fraction of sp³-hybridized carbons (Fsp3) is 0.188. The summed E-state index contributed by atoms with van der Waals surface area (Å²) >= 11 is 5.16. The van der Waals surface area contributed by atoms with E-state index in [4.69, 9.17) is 4.42 Å². The van der Waals surface area contributed by atoms with E-state index in [0.717, 1.165) is 20.5 Å². The van der Waals surface area contributed by atoms with E-state index >= 15 is 0 Å². The fourth-order valence-electron chi connectivity index (χ4n) is 2.07. The molecule has 3 aromatic rings. The number of para-hydroxylation sites is 2. The van der Waals surface area contributed by atoms with Crippen LogP contribution >= 0.6 is 27.7 Å². The molecule has 1 N–H and O–H groups in total. The minimum atomic E-state index is 0.308. The van der Waals surface area contributed by atoms with Crippen LogP contribution in [-0.2, 0) is 0 Å². The van der Waals surface area contributed by atoms with Crippen LogP contribution < -0.4 is 5.32 Å². The highest BCUT2D eigenvalue weighted by Crippen LogP contribution is 2.33. The molecule has 1 unspecified atom stereocenters. The molecule has 0 radical (unpaired) electrons. The lowest BCUT2D eigenvalue weighted by molar-refractivity contribution is 0.489. The number of oxazole rings is 1. The summed E-state index contributed by atoms with van der Waals surface area (Å²) in [6, 6.07) is 14.4. The summed E-state index contributed by atoms with van der Waals surface area (Å²) in [7, 11) is 1.96. The Morgan fingerprint density at radius 1 is 1.24 bits per heavy atom. The lowest BCUT2D eigenvalue weighted by Crippen LogP contribution is -2.12. The average molecular weight is 363 g/mol. The smallest absolute Gasteiger partial charge is 0.261 e. The van der Waals surface area contributed by atoms with Gasteiger partial charge in [0, 0.05) is 15.4 Å². The summed E-state index contributed by atoms with van der Waals surface area (Å²) < 4.78 is 6.82. The van der Waals surface area contributed by atoms with Crippen molar-refractivity contribution in [2.75, 3.05) is 7.05 Å². The van der Waals surface area contributed by atoms with Crippen molar-refractivity contribution in [1.29, 1.82) is 0 Å². The van der Waals surface area contributed by atoms with Crippen LogP contribution in [0.4, 0.5) is 0 Å². The number of halogens is 1. The van der Waals surface area contributed by atoms with Crippen LogP contribution in [0.2, 0.25) is 0 Å². The van der Waals surface area contributed by atoms with Gasteiger partial charge in [0.1, 0.15) is 5.52 Å². The molecule has 5 heteroatoms. The second-order valence-corrected chi connectivity index (χ2v) is 6.62. The number of hydrogen-bond donors (Lipinski definition) is 1. The number of hydrogen-bond acceptors (Lipinski definition) is 4. The zero-order valence-electron chi connectivity index (χ0n) is 11.8. The molecule has 2 aromatic carbocycles. The maximum absolute atomic E-state index is 5.73. The SMILES string of the molecule is CNC(C)c1ccc(Sc2nc3ccccc3o2)cc1Br. The molecule has 0 saturated heterocycles. The lowest BCUT2D eigenvalue weighted by atomic mass is 10.1. The van der Waals surface area contributed by atoms with Crippen LogP contribution in [0.3, 0.4) is 0 Å². The van der Waals surface area contributed by atoms with Crippen molar-refractivity contribution in [3.05, 3.63) is 52.5 Å². The standard InChI is InChI=1S/C16H15BrN2OS/c1-10(18-2)12-8-7-11(9-13(12)17)21-16-19-14-5-3-4-6-15(14)20-16/h3-10,18H,1-2H3. The normalized spacial score (nSPS) is 12.7. The summed E-state index contributed by atoms with van der Waals surface area (Å²) in [6.45, 7) is 2.13. The van der Waals surface area contributed by atoms with Crippen molar-refractivity contribution >= 4 is 38.8 Å². The zero-order valence-corrected chi connectivity index (χ0v) is 14.2. The molecule has 0 fully saturated rings. The second-order valence-electron chi connectivity index (χ2n) is 4.74. The first-order chi connectivity index (χ1) is 10.2. The fourth-order valence-corrected chi connectivity index (χ4v) is 3.74. The van der Waals surface area contributed by atoms with Crippen molar-refractivity contribution in [3.8, 4) is 0 Å². The van der Waals surface area contributed by atoms with Crippen molar-refractivity contribution in [2.24, 2.45) is 0 Å². The van der Waals surface area contributed by atoms with Gasteiger partial charge in [-0.05, 0) is 55.6 Å². The van der Waals surface area contributed by atoms with Gasteiger partial charge >= 0.3 is 0 Å². The third-order valence-corrected chi connectivity index (χ3v) is 4.88. The number of benzene rings is 2. The van der Waals surface area contributed by atoms with Crippen LogP contribution in [-0.4, -0.2) is 12.0 Å². The van der Waals surface area contributed by atoms with Gasteiger partial charge in [0.2, 0.25) is 0 Å². The lowest BCUT2D eigenvalue weighted by Gasteiger charge is -2.13. The van der Waals surface area contributed by atoms with Crippen molar-refractivity contribution in [1.82, 2.24) is 10.3 Å². The van der Waals surface area contributed by atoms with Gasteiger partial charge in [0.05, 0.1) is 0 Å². The summed E-state index contributed by atoms with van der Waals surface area (Å²) in [5.74, 6) is 0. The van der Waals surface area contributed by atoms with Crippen molar-refractivity contribution in [3.63, 3.8) is 0 Å². The van der Waals surface area contributed by atoms with Gasteiger partial charge in [-0.15, -0.1) is 0 Å². The van der Waals surface area contributed by atoms with Crippen molar-refractivity contribution in [2.45, 2.75) is 23.1 Å². The van der Waals surface area contributed by atoms with E-state index < -0.39 is 0 Å². The van der Waals surface area contributed by atoms with E-state index in [0.29, 0.717) is 11.3 Å². The molecule has 1 atom stereocenters. The molecular formula is C16H15BrN2OS. The van der Waals surface area contributed by atoms with E-state index in [1.807, 2.05) is 31.3 Å². The van der Waals surface area contributed by atoms with E-state index in [1.54, 1.807) is 0 Å². The molecule has 0 aliphatic rings. The number of aromatic nitrogens is 1. The average Bonchev–Trinajstić information content (AvgIpc) is 2.88. The highest BCUT2D eigenvalue weighted by molar-refractivity contribution is 9.10. The third kappa shape index (κ3) is 3.15. The Kier molecular flexibility index (Phi) is 4.33. The van der Waals surface area contributed by atoms with Gasteiger partial charge in [0.25, 0.3) is 5.22 Å². The van der Waals surface area contributed by atoms with Gasteiger partial charge in [-0.2, -0.15) is 0 Å². The minimum Gasteiger partial charge on any atom is -0.431 e. The Hall–Kier alpha value is -1.30. The Balaban J connectivity index is 1.86. The van der Waals surface area contributed by atoms with Crippen LogP contribution in [0.1, 0.15) is 18.5 Å². The van der Waals surface area contributed by atoms with E-state index in [9.17, 15) is 0 Å². The Morgan fingerprint density at radius 2 is 2.05 bits per heavy atom. The predicted octanol–water partition coefficient (Wildman–Crippen LogP) is 5.02. The summed E-state index contributed by atoms with van der Waals surface area (Å²) in [5, 5.41) is 3.91. The van der Waals surface area contributed by atoms with Gasteiger partial charge in [-0.1, -0.05) is 34.1 Å². The molecule has 0 aliphatic carbocycles. The Bertz CT molecular complexity index is 739. The highest BCUT2D eigenvalue weighted by atomic mass is 79.9. The first-order valence-corrected chi connectivity index (χ1v) is 8.28. The molecule has 21 heavy (non-hydrogen) atoms. The molecule has 3 rings (SSSR count). The van der Waals surface area contributed by atoms with Crippen LogP contribution in [0.5, 0.6) is 0 Å². The largest absolute Gasteiger partial charge is 0.431 e. The van der Waals surface area contributed by atoms with Gasteiger partial charge in [0.15, 0.2) is 5.58 Å². The molecule has 1 aromatic heterocycles. The quantitative estimate of drug-likeness (QED) is 0.706. The Labute approximate surface area is 136 Å². The first-order valence-electron chi connectivity index (χ1n) is 6.67. The van der Waals surface area contributed by atoms with Gasteiger partial charge in [-0.25, -0.2) is 4.98 Å². The highest BCUT2D eigenvalue weighted by Gasteiger charge is 2.11. The van der Waals surface area contributed by atoms with E-state index in [1.165, 1.54) is 17.3 Å². The first kappa shape index (κ1) is 14.6. The summed E-state index contributed by atoms with van der Waals surface area (Å²) in [6.07, 6.45) is 0. The number of fused-ring (bicyclic) bond motifs is 1. The second kappa shape index (κ2) is 6.22. The monoisotopic (exact) mass is 362 g/mol. The molecule has 0 amide bonds. The van der Waals surface area contributed by atoms with Gasteiger partial charge in [-0.3, -0.25) is 0 Å². The molecule has 0 spiro atoms. The molecule has 0 aliphatic heterocycles. The zero-order chi connectivity index (χ0) is 14.8. The summed E-state index contributed by atoms with van der Waals surface area (Å²) in [5.41, 5.74) is 2.94. The molecule has 1 heterocycles. The third-order valence-electron chi connectivity index (χ3n) is 3.35. The topological polar surface area (TPSA) is 38.1 Å². The molecule has 0 saturated carbocycles. The number of nitrogens with one attached hydrogen (secondary N) is 1. The predicted molar refractivity (Wildman–Crippen MR) is 89.7 cm³/mol. The van der Waals surface area contributed by atoms with Crippen LogP contribution in [0.15, 0.2) is 61.5 Å². The minimum absolute atomic E-state index is 0.308. The molecule has 3 nitrogen and oxygen atoms in total. The Morgan fingerprint density at radius 3 is 2.76 bits per heavy atom.